The van der Waals surface area contributed by atoms with Crippen molar-refractivity contribution in [3.8, 4) is 11.5 Å². The van der Waals surface area contributed by atoms with E-state index in [1.54, 1.807) is 13.8 Å². The molecule has 0 atom stereocenters. The predicted octanol–water partition coefficient (Wildman–Crippen LogP) is 1.15. The number of hydrogen-bond donors (Lipinski definition) is 3. The molecule has 0 spiro atoms. The molecule has 0 unspecified atom stereocenters. The first-order chi connectivity index (χ1) is 8.95. The summed E-state index contributed by atoms with van der Waals surface area (Å²) in [6.07, 6.45) is 0. The number of hydrogen-bond acceptors (Lipinski definition) is 6. The Morgan fingerprint density at radius 1 is 1.05 bits per heavy atom. The van der Waals surface area contributed by atoms with E-state index in [1.165, 1.54) is 12.1 Å². The molecule has 0 radical (unpaired) electrons. The van der Waals surface area contributed by atoms with Crippen molar-refractivity contribution in [3.63, 3.8) is 0 Å². The lowest BCUT2D eigenvalue weighted by Gasteiger charge is -2.05. The number of benzene rings is 1. The summed E-state index contributed by atoms with van der Waals surface area (Å²) in [5.41, 5.74) is 1.43. The number of aromatic hydroxyl groups is 2. The summed E-state index contributed by atoms with van der Waals surface area (Å²) in [5, 5.41) is 28.6. The number of anilines is 1. The number of carbonyl (C=O) groups excluding carboxylic acids is 1. The van der Waals surface area contributed by atoms with Gasteiger partial charge in [-0.25, -0.2) is 4.98 Å². The maximum absolute atomic E-state index is 11.9. The first-order valence-corrected chi connectivity index (χ1v) is 5.48. The highest BCUT2D eigenvalue weighted by molar-refractivity contribution is 6.03. The van der Waals surface area contributed by atoms with Gasteiger partial charge in [0.25, 0.3) is 5.91 Å². The SMILES string of the molecule is Cc1nnc(NC(=O)c2cc(O)cc(O)c2)nc1C. The van der Waals surface area contributed by atoms with Crippen LogP contribution in [0.2, 0.25) is 0 Å². The van der Waals surface area contributed by atoms with Crippen molar-refractivity contribution in [2.75, 3.05) is 5.32 Å². The van der Waals surface area contributed by atoms with Crippen LogP contribution in [0.4, 0.5) is 5.95 Å². The number of nitrogens with one attached hydrogen (secondary N) is 1. The second-order valence-electron chi connectivity index (χ2n) is 4.00. The second-order valence-corrected chi connectivity index (χ2v) is 4.00. The summed E-state index contributed by atoms with van der Waals surface area (Å²) in [7, 11) is 0. The zero-order chi connectivity index (χ0) is 14.0. The number of nitrogens with zero attached hydrogens (tertiary/aromatic N) is 3. The number of amides is 1. The Balaban J connectivity index is 2.22. The summed E-state index contributed by atoms with van der Waals surface area (Å²) in [4.78, 5) is 15.9. The first kappa shape index (κ1) is 12.7. The largest absolute Gasteiger partial charge is 0.508 e. The smallest absolute Gasteiger partial charge is 0.258 e. The summed E-state index contributed by atoms with van der Waals surface area (Å²) in [6.45, 7) is 3.51. The number of aromatic nitrogens is 3. The molecule has 0 aliphatic heterocycles. The van der Waals surface area contributed by atoms with Gasteiger partial charge < -0.3 is 10.2 Å². The van der Waals surface area contributed by atoms with Gasteiger partial charge in [0.05, 0.1) is 11.4 Å². The van der Waals surface area contributed by atoms with Gasteiger partial charge in [0.15, 0.2) is 0 Å². The third-order valence-corrected chi connectivity index (χ3v) is 2.48. The lowest BCUT2D eigenvalue weighted by molar-refractivity contribution is 0.102. The molecule has 7 heteroatoms. The summed E-state index contributed by atoms with van der Waals surface area (Å²) in [6, 6.07) is 3.58. The molecule has 3 N–H and O–H groups in total. The topological polar surface area (TPSA) is 108 Å². The second kappa shape index (κ2) is 4.89. The number of aryl methyl sites for hydroxylation is 2. The Bertz CT molecular complexity index is 623. The van der Waals surface area contributed by atoms with Crippen LogP contribution in [0, 0.1) is 13.8 Å². The van der Waals surface area contributed by atoms with Crippen LogP contribution in [0.3, 0.4) is 0 Å². The van der Waals surface area contributed by atoms with E-state index >= 15 is 0 Å². The standard InChI is InChI=1S/C12H12N4O3/c1-6-7(2)15-16-12(13-6)14-11(19)8-3-9(17)5-10(18)4-8/h3-5,17-18H,1-2H3,(H,13,14,16,19). The molecule has 0 saturated carbocycles. The molecule has 1 aromatic carbocycles. The van der Waals surface area contributed by atoms with Crippen LogP contribution in [0.5, 0.6) is 11.5 Å². The Morgan fingerprint density at radius 2 is 1.68 bits per heavy atom. The van der Waals surface area contributed by atoms with Crippen molar-refractivity contribution in [2.24, 2.45) is 0 Å². The highest BCUT2D eigenvalue weighted by Gasteiger charge is 2.11. The zero-order valence-corrected chi connectivity index (χ0v) is 10.4. The van der Waals surface area contributed by atoms with Gasteiger partial charge in [-0.05, 0) is 26.0 Å². The van der Waals surface area contributed by atoms with Crippen molar-refractivity contribution in [2.45, 2.75) is 13.8 Å². The molecule has 7 nitrogen and oxygen atoms in total. The van der Waals surface area contributed by atoms with Gasteiger partial charge in [0, 0.05) is 11.6 Å². The maximum Gasteiger partial charge on any atom is 0.258 e. The van der Waals surface area contributed by atoms with Gasteiger partial charge >= 0.3 is 0 Å². The van der Waals surface area contributed by atoms with Crippen LogP contribution in [-0.4, -0.2) is 31.3 Å². The van der Waals surface area contributed by atoms with Crippen LogP contribution in [0.15, 0.2) is 18.2 Å². The van der Waals surface area contributed by atoms with Crippen LogP contribution in [-0.2, 0) is 0 Å². The van der Waals surface area contributed by atoms with Crippen molar-refractivity contribution >= 4 is 11.9 Å². The Hall–Kier alpha value is -2.70. The molecule has 0 aliphatic rings. The minimum atomic E-state index is -0.545. The molecule has 98 valence electrons. The van der Waals surface area contributed by atoms with E-state index in [1.807, 2.05) is 0 Å². The first-order valence-electron chi connectivity index (χ1n) is 5.48. The monoisotopic (exact) mass is 260 g/mol. The predicted molar refractivity (Wildman–Crippen MR) is 67.0 cm³/mol. The molecule has 0 saturated heterocycles. The van der Waals surface area contributed by atoms with E-state index in [0.717, 1.165) is 6.07 Å². The highest BCUT2D eigenvalue weighted by atomic mass is 16.3. The van der Waals surface area contributed by atoms with Gasteiger partial charge in [0.1, 0.15) is 11.5 Å². The average molecular weight is 260 g/mol. The molecule has 2 aromatic rings. The minimum absolute atomic E-state index is 0.0657. The molecule has 1 aromatic heterocycles. The van der Waals surface area contributed by atoms with Crippen LogP contribution < -0.4 is 5.32 Å². The molecule has 0 bridgehead atoms. The van der Waals surface area contributed by atoms with Crippen LogP contribution in [0.1, 0.15) is 21.7 Å². The fourth-order valence-corrected chi connectivity index (χ4v) is 1.41. The van der Waals surface area contributed by atoms with Crippen molar-refractivity contribution in [1.82, 2.24) is 15.2 Å². The zero-order valence-electron chi connectivity index (χ0n) is 10.4. The van der Waals surface area contributed by atoms with Gasteiger partial charge in [-0.1, -0.05) is 0 Å². The van der Waals surface area contributed by atoms with E-state index in [4.69, 9.17) is 0 Å². The molecule has 1 amide bonds. The van der Waals surface area contributed by atoms with Gasteiger partial charge in [-0.3, -0.25) is 10.1 Å². The minimum Gasteiger partial charge on any atom is -0.508 e. The molecule has 0 aliphatic carbocycles. The fraction of sp³-hybridized carbons (Fsp3) is 0.167. The van der Waals surface area contributed by atoms with Crippen LogP contribution >= 0.6 is 0 Å². The van der Waals surface area contributed by atoms with Gasteiger partial charge in [-0.2, -0.15) is 5.10 Å². The lowest BCUT2D eigenvalue weighted by Crippen LogP contribution is -2.15. The van der Waals surface area contributed by atoms with E-state index in [0.29, 0.717) is 11.4 Å². The van der Waals surface area contributed by atoms with E-state index < -0.39 is 5.91 Å². The molecular formula is C12H12N4O3. The van der Waals surface area contributed by atoms with E-state index in [9.17, 15) is 15.0 Å². The average Bonchev–Trinajstić information content (AvgIpc) is 2.32. The van der Waals surface area contributed by atoms with Gasteiger partial charge in [0.2, 0.25) is 5.95 Å². The Morgan fingerprint density at radius 3 is 2.26 bits per heavy atom. The molecule has 2 rings (SSSR count). The summed E-state index contributed by atoms with van der Waals surface area (Å²) in [5.74, 6) is -0.888. The maximum atomic E-state index is 11.9. The summed E-state index contributed by atoms with van der Waals surface area (Å²) < 4.78 is 0. The Kier molecular flexibility index (Phi) is 3.28. The number of rotatable bonds is 2. The molecular weight excluding hydrogens is 248 g/mol. The third kappa shape index (κ3) is 2.95. The lowest BCUT2D eigenvalue weighted by atomic mass is 10.2. The quantitative estimate of drug-likeness (QED) is 0.747. The Labute approximate surface area is 109 Å². The van der Waals surface area contributed by atoms with Crippen molar-refractivity contribution in [1.29, 1.82) is 0 Å². The van der Waals surface area contributed by atoms with Crippen molar-refractivity contribution in [3.05, 3.63) is 35.2 Å². The van der Waals surface area contributed by atoms with E-state index in [-0.39, 0.29) is 23.0 Å². The van der Waals surface area contributed by atoms with Gasteiger partial charge in [-0.15, -0.1) is 5.10 Å². The highest BCUT2D eigenvalue weighted by Crippen LogP contribution is 2.20. The van der Waals surface area contributed by atoms with E-state index in [2.05, 4.69) is 20.5 Å². The number of phenols is 2. The third-order valence-electron chi connectivity index (χ3n) is 2.48. The van der Waals surface area contributed by atoms with Crippen molar-refractivity contribution < 1.29 is 15.0 Å². The summed E-state index contributed by atoms with van der Waals surface area (Å²) >= 11 is 0. The number of carbonyl (C=O) groups is 1. The number of phenolic OH excluding ortho intramolecular Hbond substituents is 2. The molecule has 1 heterocycles. The normalized spacial score (nSPS) is 10.2. The molecule has 19 heavy (non-hydrogen) atoms. The van der Waals surface area contributed by atoms with Crippen LogP contribution in [0.25, 0.3) is 0 Å². The fourth-order valence-electron chi connectivity index (χ4n) is 1.41. The molecule has 0 fully saturated rings.